The van der Waals surface area contributed by atoms with Crippen LogP contribution in [0.4, 0.5) is 0 Å². The molecule has 0 fully saturated rings. The van der Waals surface area contributed by atoms with Crippen molar-refractivity contribution in [2.24, 2.45) is 0 Å². The molecule has 0 rings (SSSR count). The van der Waals surface area contributed by atoms with Gasteiger partial charge in [-0.3, -0.25) is 9.59 Å². The molecule has 0 saturated heterocycles. The molecule has 25 heavy (non-hydrogen) atoms. The molecule has 0 radical (unpaired) electrons. The monoisotopic (exact) mass is 366 g/mol. The minimum Gasteiger partial charge on any atom is -0.481 e. The lowest BCUT2D eigenvalue weighted by Gasteiger charge is -1.94. The maximum absolute atomic E-state index is 9.96. The first-order valence-corrected chi connectivity index (χ1v) is 9.19. The lowest BCUT2D eigenvalue weighted by molar-refractivity contribution is -0.138. The minimum absolute atomic E-state index is 0.0278. The zero-order valence-corrected chi connectivity index (χ0v) is 15.9. The first-order valence-electron chi connectivity index (χ1n) is 9.19. The summed E-state index contributed by atoms with van der Waals surface area (Å²) in [4.78, 5) is 19.9. The SMILES string of the molecule is CCCCCCC(=O)O.CCCCCCC(=O)O.OCCOCCO. The highest BCUT2D eigenvalue weighted by molar-refractivity contribution is 5.66. The highest BCUT2D eigenvalue weighted by Crippen LogP contribution is 2.01. The molecule has 0 bridgehead atoms. The van der Waals surface area contributed by atoms with Crippen molar-refractivity contribution in [3.05, 3.63) is 0 Å². The van der Waals surface area contributed by atoms with Crippen molar-refractivity contribution >= 4 is 11.9 Å². The zero-order chi connectivity index (χ0) is 19.8. The molecule has 0 heterocycles. The number of aliphatic hydroxyl groups is 2. The Morgan fingerprint density at radius 1 is 0.680 bits per heavy atom. The van der Waals surface area contributed by atoms with Gasteiger partial charge in [-0.05, 0) is 12.8 Å². The number of aliphatic hydroxyl groups excluding tert-OH is 2. The molecule has 7 heteroatoms. The minimum atomic E-state index is -0.675. The van der Waals surface area contributed by atoms with Crippen LogP contribution in [0.25, 0.3) is 0 Å². The van der Waals surface area contributed by atoms with Gasteiger partial charge in [-0.2, -0.15) is 0 Å². The zero-order valence-electron chi connectivity index (χ0n) is 15.9. The van der Waals surface area contributed by atoms with Gasteiger partial charge in [0.15, 0.2) is 0 Å². The van der Waals surface area contributed by atoms with Gasteiger partial charge in [0.25, 0.3) is 0 Å². The smallest absolute Gasteiger partial charge is 0.303 e. The Kier molecular flexibility index (Phi) is 31.7. The molecule has 0 unspecified atom stereocenters. The average molecular weight is 366 g/mol. The van der Waals surface area contributed by atoms with E-state index in [4.69, 9.17) is 20.4 Å². The maximum atomic E-state index is 9.96. The topological polar surface area (TPSA) is 124 Å². The first kappa shape index (κ1) is 28.6. The van der Waals surface area contributed by atoms with E-state index in [0.29, 0.717) is 26.1 Å². The van der Waals surface area contributed by atoms with Crippen LogP contribution in [-0.4, -0.2) is 58.8 Å². The van der Waals surface area contributed by atoms with Gasteiger partial charge in [0.05, 0.1) is 26.4 Å². The van der Waals surface area contributed by atoms with Crippen molar-refractivity contribution in [2.45, 2.75) is 78.1 Å². The van der Waals surface area contributed by atoms with Crippen LogP contribution in [-0.2, 0) is 14.3 Å². The van der Waals surface area contributed by atoms with Crippen molar-refractivity contribution in [3.8, 4) is 0 Å². The molecule has 0 spiro atoms. The van der Waals surface area contributed by atoms with Crippen LogP contribution in [0.15, 0.2) is 0 Å². The third-order valence-corrected chi connectivity index (χ3v) is 2.96. The summed E-state index contributed by atoms with van der Waals surface area (Å²) in [5, 5.41) is 32.6. The number of unbranched alkanes of at least 4 members (excludes halogenated alkanes) is 6. The van der Waals surface area contributed by atoms with Gasteiger partial charge < -0.3 is 25.2 Å². The molecule has 0 saturated carbocycles. The Balaban J connectivity index is -0.000000293. The third-order valence-electron chi connectivity index (χ3n) is 2.96. The van der Waals surface area contributed by atoms with Gasteiger partial charge >= 0.3 is 11.9 Å². The van der Waals surface area contributed by atoms with Crippen molar-refractivity contribution < 1.29 is 34.8 Å². The van der Waals surface area contributed by atoms with E-state index in [2.05, 4.69) is 18.6 Å². The molecule has 0 aromatic heterocycles. The summed E-state index contributed by atoms with van der Waals surface area (Å²) < 4.78 is 4.63. The summed E-state index contributed by atoms with van der Waals surface area (Å²) in [5.74, 6) is -1.35. The summed E-state index contributed by atoms with van der Waals surface area (Å²) in [7, 11) is 0. The van der Waals surface area contributed by atoms with E-state index >= 15 is 0 Å². The molecule has 7 nitrogen and oxygen atoms in total. The molecule has 0 aromatic rings. The van der Waals surface area contributed by atoms with E-state index in [0.717, 1.165) is 38.5 Å². The van der Waals surface area contributed by atoms with E-state index in [-0.39, 0.29) is 13.2 Å². The fourth-order valence-electron chi connectivity index (χ4n) is 1.64. The molecule has 4 N–H and O–H groups in total. The molecule has 0 aliphatic carbocycles. The average Bonchev–Trinajstić information content (AvgIpc) is 2.57. The van der Waals surface area contributed by atoms with Crippen LogP contribution >= 0.6 is 0 Å². The summed E-state index contributed by atoms with van der Waals surface area (Å²) in [6, 6.07) is 0. The predicted molar refractivity (Wildman–Crippen MR) is 97.8 cm³/mol. The van der Waals surface area contributed by atoms with Crippen molar-refractivity contribution in [1.82, 2.24) is 0 Å². The summed E-state index contributed by atoms with van der Waals surface area (Å²) in [5.41, 5.74) is 0. The third kappa shape index (κ3) is 45.0. The van der Waals surface area contributed by atoms with E-state index in [1.807, 2.05) is 0 Å². The Morgan fingerprint density at radius 2 is 1.04 bits per heavy atom. The number of rotatable bonds is 14. The number of aliphatic carboxylic acids is 2. The summed E-state index contributed by atoms with van der Waals surface area (Å²) in [6.45, 7) is 4.92. The van der Waals surface area contributed by atoms with Crippen LogP contribution in [0.5, 0.6) is 0 Å². The normalized spacial score (nSPS) is 9.44. The Labute approximate surface area is 152 Å². The van der Waals surface area contributed by atoms with Crippen molar-refractivity contribution in [3.63, 3.8) is 0 Å². The second-order valence-electron chi connectivity index (χ2n) is 5.47. The summed E-state index contributed by atoms with van der Waals surface area (Å²) in [6.07, 6.45) is 9.11. The quantitative estimate of drug-likeness (QED) is 0.348. The number of carbonyl (C=O) groups is 2. The van der Waals surface area contributed by atoms with Crippen molar-refractivity contribution in [2.75, 3.05) is 26.4 Å². The lowest BCUT2D eigenvalue weighted by atomic mass is 10.2. The molecule has 152 valence electrons. The van der Waals surface area contributed by atoms with E-state index < -0.39 is 11.9 Å². The van der Waals surface area contributed by atoms with E-state index in [1.54, 1.807) is 0 Å². The number of carboxylic acid groups (broad SMARTS) is 2. The van der Waals surface area contributed by atoms with Gasteiger partial charge in [0.2, 0.25) is 0 Å². The Morgan fingerprint density at radius 3 is 1.28 bits per heavy atom. The molecule has 0 aliphatic rings. The maximum Gasteiger partial charge on any atom is 0.303 e. The second kappa shape index (κ2) is 27.7. The Hall–Kier alpha value is -1.18. The van der Waals surface area contributed by atoms with Gasteiger partial charge in [-0.1, -0.05) is 52.4 Å². The predicted octanol–water partition coefficient (Wildman–Crippen LogP) is 3.07. The summed E-state index contributed by atoms with van der Waals surface area (Å²) >= 11 is 0. The highest BCUT2D eigenvalue weighted by Gasteiger charge is 1.94. The van der Waals surface area contributed by atoms with Crippen LogP contribution < -0.4 is 0 Å². The second-order valence-corrected chi connectivity index (χ2v) is 5.47. The fourth-order valence-corrected chi connectivity index (χ4v) is 1.64. The highest BCUT2D eigenvalue weighted by atomic mass is 16.5. The molecule has 0 atom stereocenters. The first-order chi connectivity index (χ1) is 12.0. The van der Waals surface area contributed by atoms with Gasteiger partial charge in [-0.15, -0.1) is 0 Å². The number of hydrogen-bond donors (Lipinski definition) is 4. The molecular weight excluding hydrogens is 328 g/mol. The van der Waals surface area contributed by atoms with Crippen LogP contribution in [0, 0.1) is 0 Å². The van der Waals surface area contributed by atoms with E-state index in [1.165, 1.54) is 12.8 Å². The molecule has 0 aliphatic heterocycles. The van der Waals surface area contributed by atoms with Crippen LogP contribution in [0.1, 0.15) is 78.1 Å². The standard InChI is InChI=1S/2C7H14O2.C4H10O3/c2*1-2-3-4-5-6-7(8)9;5-1-3-7-4-2-6/h2*2-6H2,1H3,(H,8,9);5-6H,1-4H2. The number of carboxylic acids is 2. The number of ether oxygens (including phenoxy) is 1. The Bertz CT molecular complexity index is 244. The van der Waals surface area contributed by atoms with Gasteiger partial charge in [0.1, 0.15) is 0 Å². The molecule has 0 amide bonds. The number of hydrogen-bond acceptors (Lipinski definition) is 5. The lowest BCUT2D eigenvalue weighted by Crippen LogP contribution is -2.03. The van der Waals surface area contributed by atoms with Gasteiger partial charge in [0, 0.05) is 12.8 Å². The fraction of sp³-hybridized carbons (Fsp3) is 0.889. The van der Waals surface area contributed by atoms with Crippen LogP contribution in [0.3, 0.4) is 0 Å². The van der Waals surface area contributed by atoms with Crippen LogP contribution in [0.2, 0.25) is 0 Å². The largest absolute Gasteiger partial charge is 0.481 e. The van der Waals surface area contributed by atoms with Gasteiger partial charge in [-0.25, -0.2) is 0 Å². The molecular formula is C18H38O7. The molecule has 0 aromatic carbocycles. The van der Waals surface area contributed by atoms with Crippen molar-refractivity contribution in [1.29, 1.82) is 0 Å². The van der Waals surface area contributed by atoms with E-state index in [9.17, 15) is 9.59 Å².